The Labute approximate surface area is 104 Å². The van der Waals surface area contributed by atoms with Crippen molar-refractivity contribution in [3.63, 3.8) is 0 Å². The fraction of sp³-hybridized carbons (Fsp3) is 0.571. The number of hydrogen-bond donors (Lipinski definition) is 2. The highest BCUT2D eigenvalue weighted by atomic mass is 16.5. The monoisotopic (exact) mass is 237 g/mol. The van der Waals surface area contributed by atoms with Crippen LogP contribution in [0.2, 0.25) is 0 Å². The van der Waals surface area contributed by atoms with Crippen LogP contribution in [0.5, 0.6) is 5.75 Å². The molecule has 1 unspecified atom stereocenters. The van der Waals surface area contributed by atoms with Crippen molar-refractivity contribution in [3.8, 4) is 5.75 Å². The summed E-state index contributed by atoms with van der Waals surface area (Å²) in [7, 11) is 1.60. The molecule has 3 nitrogen and oxygen atoms in total. The zero-order valence-electron chi connectivity index (χ0n) is 11.4. The number of aliphatic hydroxyl groups is 1. The van der Waals surface area contributed by atoms with Crippen LogP contribution in [-0.4, -0.2) is 18.8 Å². The van der Waals surface area contributed by atoms with Crippen LogP contribution in [0.25, 0.3) is 0 Å². The van der Waals surface area contributed by atoms with Gasteiger partial charge in [-0.25, -0.2) is 0 Å². The molecule has 0 aliphatic carbocycles. The van der Waals surface area contributed by atoms with Gasteiger partial charge in [0.05, 0.1) is 7.11 Å². The lowest BCUT2D eigenvalue weighted by Crippen LogP contribution is -2.32. The first kappa shape index (κ1) is 14.0. The lowest BCUT2D eigenvalue weighted by molar-refractivity contribution is 0.0639. The number of methoxy groups -OCH3 is 1. The molecule has 0 spiro atoms. The molecule has 0 aliphatic rings. The third kappa shape index (κ3) is 2.99. The van der Waals surface area contributed by atoms with E-state index in [1.54, 1.807) is 14.0 Å². The SMILES string of the molecule is COc1ccc(C(C)(C)C)cc1C(C)(O)CN. The van der Waals surface area contributed by atoms with Crippen LogP contribution >= 0.6 is 0 Å². The first-order valence-corrected chi connectivity index (χ1v) is 5.84. The average Bonchev–Trinajstić information content (AvgIpc) is 2.27. The maximum absolute atomic E-state index is 10.3. The summed E-state index contributed by atoms with van der Waals surface area (Å²) in [5.74, 6) is 0.674. The van der Waals surface area contributed by atoms with Crippen molar-refractivity contribution in [1.29, 1.82) is 0 Å². The highest BCUT2D eigenvalue weighted by Gasteiger charge is 2.27. The fourth-order valence-electron chi connectivity index (χ4n) is 1.71. The van der Waals surface area contributed by atoms with E-state index in [0.717, 1.165) is 11.1 Å². The Morgan fingerprint density at radius 1 is 1.24 bits per heavy atom. The largest absolute Gasteiger partial charge is 0.496 e. The maximum atomic E-state index is 10.3. The molecule has 0 amide bonds. The normalized spacial score (nSPS) is 15.5. The number of hydrogen-bond acceptors (Lipinski definition) is 3. The van der Waals surface area contributed by atoms with Gasteiger partial charge in [-0.1, -0.05) is 26.8 Å². The second kappa shape index (κ2) is 4.67. The van der Waals surface area contributed by atoms with Gasteiger partial charge in [-0.3, -0.25) is 0 Å². The smallest absolute Gasteiger partial charge is 0.125 e. The summed E-state index contributed by atoms with van der Waals surface area (Å²) in [6, 6.07) is 5.89. The molecule has 1 aromatic rings. The molecule has 17 heavy (non-hydrogen) atoms. The van der Waals surface area contributed by atoms with Crippen LogP contribution in [0, 0.1) is 0 Å². The van der Waals surface area contributed by atoms with E-state index in [0.29, 0.717) is 5.75 Å². The van der Waals surface area contributed by atoms with Crippen molar-refractivity contribution in [3.05, 3.63) is 29.3 Å². The molecule has 1 aromatic carbocycles. The van der Waals surface area contributed by atoms with E-state index in [9.17, 15) is 5.11 Å². The predicted molar refractivity (Wildman–Crippen MR) is 70.3 cm³/mol. The van der Waals surface area contributed by atoms with E-state index in [1.807, 2.05) is 18.2 Å². The van der Waals surface area contributed by atoms with Crippen molar-refractivity contribution in [2.45, 2.75) is 38.7 Å². The first-order valence-electron chi connectivity index (χ1n) is 5.84. The topological polar surface area (TPSA) is 55.5 Å². The Bertz CT molecular complexity index is 392. The van der Waals surface area contributed by atoms with Crippen LogP contribution in [0.15, 0.2) is 18.2 Å². The van der Waals surface area contributed by atoms with Gasteiger partial charge in [0.1, 0.15) is 11.4 Å². The van der Waals surface area contributed by atoms with E-state index < -0.39 is 5.60 Å². The van der Waals surface area contributed by atoms with E-state index >= 15 is 0 Å². The molecule has 0 aromatic heterocycles. The molecule has 1 atom stereocenters. The second-order valence-corrected chi connectivity index (χ2v) is 5.64. The van der Waals surface area contributed by atoms with Gasteiger partial charge in [-0.15, -0.1) is 0 Å². The molecule has 0 aliphatic heterocycles. The molecule has 0 heterocycles. The number of ether oxygens (including phenoxy) is 1. The van der Waals surface area contributed by atoms with Crippen molar-refractivity contribution >= 4 is 0 Å². The molecule has 0 saturated heterocycles. The Hall–Kier alpha value is -1.06. The summed E-state index contributed by atoms with van der Waals surface area (Å²) in [5, 5.41) is 10.3. The summed E-state index contributed by atoms with van der Waals surface area (Å²) < 4.78 is 5.29. The Morgan fingerprint density at radius 3 is 2.24 bits per heavy atom. The minimum absolute atomic E-state index is 0.0334. The van der Waals surface area contributed by atoms with Gasteiger partial charge in [-0.05, 0) is 30.0 Å². The molecule has 96 valence electrons. The van der Waals surface area contributed by atoms with Crippen molar-refractivity contribution < 1.29 is 9.84 Å². The Kier molecular flexibility index (Phi) is 3.84. The fourth-order valence-corrected chi connectivity index (χ4v) is 1.71. The standard InChI is InChI=1S/C14H23NO2/c1-13(2,3)10-6-7-12(17-5)11(8-10)14(4,16)9-15/h6-8,16H,9,15H2,1-5H3. The molecule has 0 radical (unpaired) electrons. The first-order chi connectivity index (χ1) is 7.72. The second-order valence-electron chi connectivity index (χ2n) is 5.64. The van der Waals surface area contributed by atoms with Gasteiger partial charge in [0, 0.05) is 12.1 Å². The van der Waals surface area contributed by atoms with E-state index in [4.69, 9.17) is 10.5 Å². The molecule has 3 heteroatoms. The molecule has 3 N–H and O–H groups in total. The van der Waals surface area contributed by atoms with Gasteiger partial charge in [0.15, 0.2) is 0 Å². The molecular weight excluding hydrogens is 214 g/mol. The van der Waals surface area contributed by atoms with Gasteiger partial charge < -0.3 is 15.6 Å². The van der Waals surface area contributed by atoms with Gasteiger partial charge in [0.25, 0.3) is 0 Å². The predicted octanol–water partition coefficient (Wildman–Crippen LogP) is 2.16. The van der Waals surface area contributed by atoms with Crippen LogP contribution < -0.4 is 10.5 Å². The summed E-state index contributed by atoms with van der Waals surface area (Å²) in [4.78, 5) is 0. The molecule has 0 fully saturated rings. The minimum atomic E-state index is -1.06. The average molecular weight is 237 g/mol. The highest BCUT2D eigenvalue weighted by molar-refractivity contribution is 5.43. The zero-order valence-corrected chi connectivity index (χ0v) is 11.4. The molecule has 1 rings (SSSR count). The van der Waals surface area contributed by atoms with E-state index in [2.05, 4.69) is 20.8 Å². The lowest BCUT2D eigenvalue weighted by Gasteiger charge is -2.27. The molecule has 0 bridgehead atoms. The quantitative estimate of drug-likeness (QED) is 0.847. The minimum Gasteiger partial charge on any atom is -0.496 e. The molecule has 0 saturated carbocycles. The van der Waals surface area contributed by atoms with Gasteiger partial charge in [0.2, 0.25) is 0 Å². The summed E-state index contributed by atoms with van der Waals surface area (Å²) in [6.07, 6.45) is 0. The van der Waals surface area contributed by atoms with E-state index in [1.165, 1.54) is 0 Å². The van der Waals surface area contributed by atoms with Crippen molar-refractivity contribution in [1.82, 2.24) is 0 Å². The van der Waals surface area contributed by atoms with Crippen LogP contribution in [0.1, 0.15) is 38.8 Å². The highest BCUT2D eigenvalue weighted by Crippen LogP contribution is 2.33. The number of rotatable bonds is 3. The van der Waals surface area contributed by atoms with Gasteiger partial charge >= 0.3 is 0 Å². The lowest BCUT2D eigenvalue weighted by atomic mass is 9.83. The van der Waals surface area contributed by atoms with Crippen molar-refractivity contribution in [2.75, 3.05) is 13.7 Å². The van der Waals surface area contributed by atoms with Crippen LogP contribution in [0.4, 0.5) is 0 Å². The van der Waals surface area contributed by atoms with Crippen molar-refractivity contribution in [2.24, 2.45) is 5.73 Å². The third-order valence-electron chi connectivity index (χ3n) is 3.04. The number of benzene rings is 1. The van der Waals surface area contributed by atoms with E-state index in [-0.39, 0.29) is 12.0 Å². The van der Waals surface area contributed by atoms with Crippen LogP contribution in [-0.2, 0) is 11.0 Å². The Morgan fingerprint density at radius 2 is 1.82 bits per heavy atom. The maximum Gasteiger partial charge on any atom is 0.125 e. The molecular formula is C14H23NO2. The third-order valence-corrected chi connectivity index (χ3v) is 3.04. The number of nitrogens with two attached hydrogens (primary N) is 1. The zero-order chi connectivity index (χ0) is 13.3. The summed E-state index contributed by atoms with van der Waals surface area (Å²) in [5.41, 5.74) is 6.49. The summed E-state index contributed by atoms with van der Waals surface area (Å²) >= 11 is 0. The Balaban J connectivity index is 3.35. The van der Waals surface area contributed by atoms with Crippen LogP contribution in [0.3, 0.4) is 0 Å². The summed E-state index contributed by atoms with van der Waals surface area (Å²) in [6.45, 7) is 8.27. The van der Waals surface area contributed by atoms with Gasteiger partial charge in [-0.2, -0.15) is 0 Å².